The number of pyridine rings is 1. The Bertz CT molecular complexity index is 1600. The van der Waals surface area contributed by atoms with Gasteiger partial charge in [-0.15, -0.1) is 23.4 Å². The fourth-order valence-corrected chi connectivity index (χ4v) is 6.37. The minimum Gasteiger partial charge on any atom is -0.444 e. The van der Waals surface area contributed by atoms with Crippen LogP contribution in [0, 0.1) is 5.41 Å². The van der Waals surface area contributed by atoms with Crippen molar-refractivity contribution in [2.45, 2.75) is 69.3 Å². The number of hydrogen-bond acceptors (Lipinski definition) is 8. The molecule has 0 unspecified atom stereocenters. The van der Waals surface area contributed by atoms with Gasteiger partial charge in [0.15, 0.2) is 11.4 Å². The molecule has 0 N–H and O–H groups in total. The van der Waals surface area contributed by atoms with Gasteiger partial charge in [-0.3, -0.25) is 4.98 Å². The SMILES string of the molecule is CC(C)(C)OC(=O)N1CCC(F)(c2nnc([C@]34CN(c5ccc(OC(F)(F)F)c6ncccc56)C[C@@]3(C(F)(F)F)C4)o2)CC1. The average molecular weight is 632 g/mol. The summed E-state index contributed by atoms with van der Waals surface area (Å²) in [5, 5.41) is 7.87. The molecule has 6 rings (SSSR count). The van der Waals surface area contributed by atoms with E-state index in [0.29, 0.717) is 0 Å². The zero-order chi connectivity index (χ0) is 31.9. The molecule has 3 aliphatic rings. The van der Waals surface area contributed by atoms with Crippen LogP contribution in [0.25, 0.3) is 10.9 Å². The third-order valence-corrected chi connectivity index (χ3v) is 8.56. The van der Waals surface area contributed by atoms with Crippen molar-refractivity contribution in [1.82, 2.24) is 20.1 Å². The number of rotatable bonds is 4. The van der Waals surface area contributed by atoms with Crippen molar-refractivity contribution in [3.8, 4) is 5.75 Å². The highest BCUT2D eigenvalue weighted by Crippen LogP contribution is 2.75. The van der Waals surface area contributed by atoms with Crippen LogP contribution in [-0.4, -0.2) is 70.5 Å². The number of likely N-dealkylation sites (tertiary alicyclic amines) is 1. The maximum Gasteiger partial charge on any atom is 0.573 e. The van der Waals surface area contributed by atoms with E-state index in [4.69, 9.17) is 9.15 Å². The summed E-state index contributed by atoms with van der Waals surface area (Å²) in [6.45, 7) is 4.26. The first-order valence-electron chi connectivity index (χ1n) is 13.8. The quantitative estimate of drug-likeness (QED) is 0.305. The number of halogens is 7. The summed E-state index contributed by atoms with van der Waals surface area (Å²) in [7, 11) is 0. The molecular formula is C28H28F7N5O4. The number of fused-ring (bicyclic) bond motifs is 2. The summed E-state index contributed by atoms with van der Waals surface area (Å²) in [4.78, 5) is 19.1. The highest BCUT2D eigenvalue weighted by atomic mass is 19.4. The van der Waals surface area contributed by atoms with Crippen LogP contribution in [0.2, 0.25) is 0 Å². The molecule has 238 valence electrons. The van der Waals surface area contributed by atoms with Gasteiger partial charge >= 0.3 is 18.6 Å². The van der Waals surface area contributed by atoms with E-state index in [9.17, 15) is 31.1 Å². The second-order valence-electron chi connectivity index (χ2n) is 12.6. The van der Waals surface area contributed by atoms with Crippen LogP contribution in [0.5, 0.6) is 5.75 Å². The maximum absolute atomic E-state index is 16.0. The Morgan fingerprint density at radius 1 is 0.977 bits per heavy atom. The number of nitrogens with zero attached hydrogens (tertiary/aromatic N) is 5. The first kappa shape index (κ1) is 30.2. The molecule has 0 spiro atoms. The lowest BCUT2D eigenvalue weighted by molar-refractivity contribution is -0.274. The smallest absolute Gasteiger partial charge is 0.444 e. The van der Waals surface area contributed by atoms with Crippen LogP contribution in [0.3, 0.4) is 0 Å². The number of amides is 1. The van der Waals surface area contributed by atoms with E-state index < -0.39 is 58.9 Å². The van der Waals surface area contributed by atoms with Gasteiger partial charge in [-0.1, -0.05) is 0 Å². The van der Waals surface area contributed by atoms with Gasteiger partial charge in [0.1, 0.15) is 16.5 Å². The zero-order valence-corrected chi connectivity index (χ0v) is 23.9. The van der Waals surface area contributed by atoms with Crippen molar-refractivity contribution >= 4 is 22.7 Å². The molecule has 0 radical (unpaired) electrons. The van der Waals surface area contributed by atoms with E-state index >= 15 is 4.39 Å². The van der Waals surface area contributed by atoms with Crippen molar-refractivity contribution in [2.24, 2.45) is 5.41 Å². The standard InChI is InChI=1S/C28H28F7N5O4/c1-23(2,3)44-22(41)39-11-8-25(29,9-12-39)21-38-37-20(42-21)24-13-26(24,27(30,31)32)15-40(14-24)17-6-7-18(43-28(33,34)35)19-16(17)5-4-10-36-19/h4-7,10H,8-9,11-15H2,1-3H3/t24-,26-/m0/s1. The molecule has 4 heterocycles. The Hall–Kier alpha value is -3.85. The van der Waals surface area contributed by atoms with Crippen molar-refractivity contribution in [1.29, 1.82) is 0 Å². The molecule has 16 heteroatoms. The minimum atomic E-state index is -5.00. The first-order valence-corrected chi connectivity index (χ1v) is 13.8. The molecule has 1 aromatic carbocycles. The van der Waals surface area contributed by atoms with E-state index in [2.05, 4.69) is 19.9 Å². The Morgan fingerprint density at radius 3 is 2.30 bits per heavy atom. The molecule has 9 nitrogen and oxygen atoms in total. The van der Waals surface area contributed by atoms with Crippen molar-refractivity contribution in [3.63, 3.8) is 0 Å². The number of piperidine rings is 2. The van der Waals surface area contributed by atoms with E-state index in [1.165, 1.54) is 34.2 Å². The fourth-order valence-electron chi connectivity index (χ4n) is 6.37. The molecule has 1 amide bonds. The molecule has 3 aromatic rings. The van der Waals surface area contributed by atoms with E-state index in [1.807, 2.05) is 0 Å². The average Bonchev–Trinajstić information content (AvgIpc) is 3.22. The Kier molecular flexibility index (Phi) is 6.57. The third-order valence-electron chi connectivity index (χ3n) is 8.56. The van der Waals surface area contributed by atoms with Crippen LogP contribution in [0.1, 0.15) is 51.8 Å². The summed E-state index contributed by atoms with van der Waals surface area (Å²) in [6.07, 6.45) is -9.88. The lowest BCUT2D eigenvalue weighted by Crippen LogP contribution is -2.45. The number of anilines is 1. The second-order valence-corrected chi connectivity index (χ2v) is 12.6. The molecule has 2 aromatic heterocycles. The van der Waals surface area contributed by atoms with Gasteiger partial charge in [0.25, 0.3) is 5.89 Å². The van der Waals surface area contributed by atoms with E-state index in [0.717, 1.165) is 6.07 Å². The second kappa shape index (κ2) is 9.57. The highest BCUT2D eigenvalue weighted by molar-refractivity contribution is 5.96. The summed E-state index contributed by atoms with van der Waals surface area (Å²) in [5.41, 5.74) is -6.86. The van der Waals surface area contributed by atoms with Crippen LogP contribution in [0.15, 0.2) is 34.9 Å². The molecule has 2 aliphatic heterocycles. The fraction of sp³-hybridized carbons (Fsp3) is 0.571. The van der Waals surface area contributed by atoms with Crippen molar-refractivity contribution in [3.05, 3.63) is 42.2 Å². The van der Waals surface area contributed by atoms with Gasteiger partial charge in [0, 0.05) is 56.3 Å². The Labute approximate surface area is 246 Å². The van der Waals surface area contributed by atoms with Gasteiger partial charge in [-0.05, 0) is 51.5 Å². The van der Waals surface area contributed by atoms with Crippen LogP contribution in [0.4, 0.5) is 41.2 Å². The lowest BCUT2D eigenvalue weighted by atomic mass is 9.93. The van der Waals surface area contributed by atoms with Gasteiger partial charge in [-0.25, -0.2) is 9.18 Å². The summed E-state index contributed by atoms with van der Waals surface area (Å²) >= 11 is 0. The van der Waals surface area contributed by atoms with Gasteiger partial charge < -0.3 is 23.7 Å². The molecule has 2 saturated heterocycles. The first-order chi connectivity index (χ1) is 20.4. The summed E-state index contributed by atoms with van der Waals surface area (Å²) in [5.74, 6) is -1.41. The normalized spacial score (nSPS) is 25.2. The van der Waals surface area contributed by atoms with E-state index in [-0.39, 0.29) is 61.4 Å². The molecule has 3 fully saturated rings. The van der Waals surface area contributed by atoms with Gasteiger partial charge in [-0.2, -0.15) is 13.2 Å². The topological polar surface area (TPSA) is 93.8 Å². The number of carbonyl (C=O) groups is 1. The van der Waals surface area contributed by atoms with Crippen LogP contribution < -0.4 is 9.64 Å². The zero-order valence-electron chi connectivity index (χ0n) is 23.9. The Morgan fingerprint density at radius 2 is 1.66 bits per heavy atom. The Balaban J connectivity index is 1.27. The number of alkyl halides is 7. The minimum absolute atomic E-state index is 0.0241. The number of hydrogen-bond donors (Lipinski definition) is 0. The van der Waals surface area contributed by atoms with Gasteiger partial charge in [0.2, 0.25) is 5.89 Å². The highest BCUT2D eigenvalue weighted by Gasteiger charge is 2.86. The molecule has 44 heavy (non-hydrogen) atoms. The summed E-state index contributed by atoms with van der Waals surface area (Å²) in [6, 6.07) is 5.16. The lowest BCUT2D eigenvalue weighted by Gasteiger charge is -2.35. The number of aromatic nitrogens is 3. The van der Waals surface area contributed by atoms with Crippen molar-refractivity contribution < 1.29 is 49.4 Å². The molecule has 0 bridgehead atoms. The number of ether oxygens (including phenoxy) is 2. The predicted octanol–water partition coefficient (Wildman–Crippen LogP) is 6.42. The third kappa shape index (κ3) is 4.95. The molecular weight excluding hydrogens is 603 g/mol. The largest absolute Gasteiger partial charge is 0.573 e. The monoisotopic (exact) mass is 631 g/mol. The van der Waals surface area contributed by atoms with Crippen LogP contribution in [-0.2, 0) is 15.8 Å². The van der Waals surface area contributed by atoms with Crippen LogP contribution >= 0.6 is 0 Å². The predicted molar refractivity (Wildman–Crippen MR) is 140 cm³/mol. The van der Waals surface area contributed by atoms with E-state index in [1.54, 1.807) is 20.8 Å². The molecule has 1 saturated carbocycles. The molecule has 2 atom stereocenters. The van der Waals surface area contributed by atoms with Gasteiger partial charge in [0.05, 0.1) is 5.41 Å². The van der Waals surface area contributed by atoms with Crippen molar-refractivity contribution in [2.75, 3.05) is 31.1 Å². The number of carbonyl (C=O) groups excluding carboxylic acids is 1. The molecule has 1 aliphatic carbocycles. The summed E-state index contributed by atoms with van der Waals surface area (Å²) < 4.78 is 114. The maximum atomic E-state index is 16.0. The number of benzene rings is 1.